The van der Waals surface area contributed by atoms with Crippen LogP contribution in [0.25, 0.3) is 0 Å². The standard InChI is InChI=1S/C14H21NO/c1-2-11-5-7-12(8-6-11)10-14(16)13-4-3-9-15-13/h5-8,13-16H,2-4,9-10H2,1H3. The van der Waals surface area contributed by atoms with Crippen molar-refractivity contribution in [1.29, 1.82) is 0 Å². The molecule has 0 bridgehead atoms. The predicted molar refractivity (Wildman–Crippen MR) is 66.6 cm³/mol. The molecule has 0 aromatic heterocycles. The van der Waals surface area contributed by atoms with Crippen LogP contribution in [0.2, 0.25) is 0 Å². The van der Waals surface area contributed by atoms with Crippen LogP contribution in [0.3, 0.4) is 0 Å². The van der Waals surface area contributed by atoms with Gasteiger partial charge in [-0.15, -0.1) is 0 Å². The van der Waals surface area contributed by atoms with Crippen molar-refractivity contribution in [3.8, 4) is 0 Å². The van der Waals surface area contributed by atoms with Gasteiger partial charge in [0.1, 0.15) is 0 Å². The van der Waals surface area contributed by atoms with E-state index in [4.69, 9.17) is 0 Å². The summed E-state index contributed by atoms with van der Waals surface area (Å²) in [4.78, 5) is 0. The fourth-order valence-electron chi connectivity index (χ4n) is 2.33. The molecule has 1 aliphatic rings. The van der Waals surface area contributed by atoms with E-state index in [1.807, 2.05) is 0 Å². The molecule has 1 saturated heterocycles. The summed E-state index contributed by atoms with van der Waals surface area (Å²) in [6.07, 6.45) is 3.90. The Hall–Kier alpha value is -0.860. The number of aliphatic hydroxyl groups excluding tert-OH is 1. The van der Waals surface area contributed by atoms with Gasteiger partial charge in [0.05, 0.1) is 6.10 Å². The van der Waals surface area contributed by atoms with Crippen molar-refractivity contribution >= 4 is 0 Å². The van der Waals surface area contributed by atoms with Gasteiger partial charge in [0.15, 0.2) is 0 Å². The zero-order valence-electron chi connectivity index (χ0n) is 9.95. The normalized spacial score (nSPS) is 22.2. The third-order valence-electron chi connectivity index (χ3n) is 3.44. The van der Waals surface area contributed by atoms with E-state index in [-0.39, 0.29) is 6.10 Å². The highest BCUT2D eigenvalue weighted by Gasteiger charge is 2.22. The van der Waals surface area contributed by atoms with Gasteiger partial charge in [-0.2, -0.15) is 0 Å². The van der Waals surface area contributed by atoms with E-state index in [1.54, 1.807) is 0 Å². The Morgan fingerprint density at radius 2 is 2.00 bits per heavy atom. The smallest absolute Gasteiger partial charge is 0.0733 e. The maximum atomic E-state index is 10.1. The molecular weight excluding hydrogens is 198 g/mol. The highest BCUT2D eigenvalue weighted by atomic mass is 16.3. The van der Waals surface area contributed by atoms with E-state index in [2.05, 4.69) is 36.5 Å². The number of aliphatic hydroxyl groups is 1. The summed E-state index contributed by atoms with van der Waals surface area (Å²) in [5, 5.41) is 13.4. The number of benzene rings is 1. The highest BCUT2D eigenvalue weighted by molar-refractivity contribution is 5.23. The lowest BCUT2D eigenvalue weighted by Crippen LogP contribution is -2.36. The van der Waals surface area contributed by atoms with E-state index in [0.29, 0.717) is 6.04 Å². The first-order chi connectivity index (χ1) is 7.79. The largest absolute Gasteiger partial charge is 0.391 e. The molecular formula is C14H21NO. The van der Waals surface area contributed by atoms with E-state index in [1.165, 1.54) is 17.5 Å². The molecule has 1 aliphatic heterocycles. The third-order valence-corrected chi connectivity index (χ3v) is 3.44. The molecule has 2 rings (SSSR count). The van der Waals surface area contributed by atoms with Gasteiger partial charge in [-0.3, -0.25) is 0 Å². The Morgan fingerprint density at radius 1 is 1.31 bits per heavy atom. The fraction of sp³-hybridized carbons (Fsp3) is 0.571. The van der Waals surface area contributed by atoms with Crippen molar-refractivity contribution in [1.82, 2.24) is 5.32 Å². The second kappa shape index (κ2) is 5.46. The number of nitrogens with one attached hydrogen (secondary N) is 1. The van der Waals surface area contributed by atoms with Crippen LogP contribution in [-0.2, 0) is 12.8 Å². The second-order valence-corrected chi connectivity index (χ2v) is 4.64. The van der Waals surface area contributed by atoms with E-state index in [9.17, 15) is 5.11 Å². The molecule has 16 heavy (non-hydrogen) atoms. The first-order valence-corrected chi connectivity index (χ1v) is 6.29. The summed E-state index contributed by atoms with van der Waals surface area (Å²) < 4.78 is 0. The molecule has 0 aliphatic carbocycles. The maximum absolute atomic E-state index is 10.1. The minimum Gasteiger partial charge on any atom is -0.391 e. The predicted octanol–water partition coefficient (Wildman–Crippen LogP) is 1.90. The summed E-state index contributed by atoms with van der Waals surface area (Å²) in [6.45, 7) is 3.21. The molecule has 0 saturated carbocycles. The molecule has 2 N–H and O–H groups in total. The first kappa shape index (κ1) is 11.6. The molecule has 0 amide bonds. The Labute approximate surface area is 97.7 Å². The third kappa shape index (κ3) is 2.83. The van der Waals surface area contributed by atoms with Crippen LogP contribution in [-0.4, -0.2) is 23.8 Å². The summed E-state index contributed by atoms with van der Waals surface area (Å²) >= 11 is 0. The van der Waals surface area contributed by atoms with E-state index in [0.717, 1.165) is 25.8 Å². The van der Waals surface area contributed by atoms with Crippen LogP contribution in [0, 0.1) is 0 Å². The molecule has 88 valence electrons. The van der Waals surface area contributed by atoms with Gasteiger partial charge in [-0.05, 0) is 43.4 Å². The molecule has 2 heteroatoms. The molecule has 1 aromatic rings. The molecule has 0 radical (unpaired) electrons. The maximum Gasteiger partial charge on any atom is 0.0733 e. The average Bonchev–Trinajstić information content (AvgIpc) is 2.83. The van der Waals surface area contributed by atoms with Gasteiger partial charge in [0, 0.05) is 6.04 Å². The van der Waals surface area contributed by atoms with E-state index < -0.39 is 0 Å². The van der Waals surface area contributed by atoms with Gasteiger partial charge in [0.2, 0.25) is 0 Å². The van der Waals surface area contributed by atoms with E-state index >= 15 is 0 Å². The lowest BCUT2D eigenvalue weighted by atomic mass is 10.00. The van der Waals surface area contributed by atoms with Crippen molar-refractivity contribution in [3.63, 3.8) is 0 Å². The summed E-state index contributed by atoms with van der Waals surface area (Å²) in [6, 6.07) is 8.88. The molecule has 1 aromatic carbocycles. The van der Waals surface area contributed by atoms with Gasteiger partial charge in [-0.25, -0.2) is 0 Å². The quantitative estimate of drug-likeness (QED) is 0.810. The summed E-state index contributed by atoms with van der Waals surface area (Å²) in [5.41, 5.74) is 2.59. The van der Waals surface area contributed by atoms with Crippen LogP contribution in [0.15, 0.2) is 24.3 Å². The average molecular weight is 219 g/mol. The van der Waals surface area contributed by atoms with Gasteiger partial charge < -0.3 is 10.4 Å². The summed E-state index contributed by atoms with van der Waals surface area (Å²) in [5.74, 6) is 0. The van der Waals surface area contributed by atoms with Crippen molar-refractivity contribution in [2.75, 3.05) is 6.54 Å². The number of hydrogen-bond acceptors (Lipinski definition) is 2. The first-order valence-electron chi connectivity index (χ1n) is 6.29. The van der Waals surface area contributed by atoms with Crippen molar-refractivity contribution in [3.05, 3.63) is 35.4 Å². The molecule has 2 atom stereocenters. The Morgan fingerprint density at radius 3 is 2.56 bits per heavy atom. The second-order valence-electron chi connectivity index (χ2n) is 4.64. The number of rotatable bonds is 4. The number of hydrogen-bond donors (Lipinski definition) is 2. The Kier molecular flexibility index (Phi) is 3.97. The lowest BCUT2D eigenvalue weighted by molar-refractivity contribution is 0.136. The van der Waals surface area contributed by atoms with Crippen molar-refractivity contribution < 1.29 is 5.11 Å². The highest BCUT2D eigenvalue weighted by Crippen LogP contribution is 2.14. The SMILES string of the molecule is CCc1ccc(CC(O)C2CCCN2)cc1. The van der Waals surface area contributed by atoms with Gasteiger partial charge in [0.25, 0.3) is 0 Å². The minimum atomic E-state index is -0.241. The topological polar surface area (TPSA) is 32.3 Å². The molecule has 2 nitrogen and oxygen atoms in total. The van der Waals surface area contributed by atoms with Crippen molar-refractivity contribution in [2.24, 2.45) is 0 Å². The van der Waals surface area contributed by atoms with Crippen LogP contribution in [0.5, 0.6) is 0 Å². The van der Waals surface area contributed by atoms with Gasteiger partial charge >= 0.3 is 0 Å². The molecule has 1 fully saturated rings. The molecule has 0 spiro atoms. The minimum absolute atomic E-state index is 0.241. The zero-order chi connectivity index (χ0) is 11.4. The van der Waals surface area contributed by atoms with Crippen molar-refractivity contribution in [2.45, 2.75) is 44.8 Å². The Bertz CT molecular complexity index is 314. The fourth-order valence-corrected chi connectivity index (χ4v) is 2.33. The molecule has 2 unspecified atom stereocenters. The van der Waals surface area contributed by atoms with Crippen LogP contribution < -0.4 is 5.32 Å². The summed E-state index contributed by atoms with van der Waals surface area (Å²) in [7, 11) is 0. The number of aryl methyl sites for hydroxylation is 1. The lowest BCUT2D eigenvalue weighted by Gasteiger charge is -2.18. The van der Waals surface area contributed by atoms with Crippen LogP contribution in [0.1, 0.15) is 30.9 Å². The molecule has 1 heterocycles. The monoisotopic (exact) mass is 219 g/mol. The van der Waals surface area contributed by atoms with Gasteiger partial charge in [-0.1, -0.05) is 31.2 Å². The van der Waals surface area contributed by atoms with Crippen LogP contribution >= 0.6 is 0 Å². The zero-order valence-corrected chi connectivity index (χ0v) is 9.95. The van der Waals surface area contributed by atoms with Crippen LogP contribution in [0.4, 0.5) is 0 Å². The Balaban J connectivity index is 1.92.